The molecule has 0 saturated carbocycles. The molecule has 0 aliphatic carbocycles. The number of anilines is 1. The van der Waals surface area contributed by atoms with Crippen LogP contribution in [0.3, 0.4) is 0 Å². The number of aryl methyl sites for hydroxylation is 1. The number of halogens is 5. The first kappa shape index (κ1) is 25.3. The molecule has 0 bridgehead atoms. The lowest BCUT2D eigenvalue weighted by Gasteiger charge is -2.18. The van der Waals surface area contributed by atoms with Crippen molar-refractivity contribution in [1.82, 2.24) is 19.5 Å². The van der Waals surface area contributed by atoms with Crippen LogP contribution in [-0.2, 0) is 13.5 Å². The summed E-state index contributed by atoms with van der Waals surface area (Å²) in [5, 5.41) is 10.5. The molecule has 39 heavy (non-hydrogen) atoms. The highest BCUT2D eigenvalue weighted by Crippen LogP contribution is 2.43. The second-order valence-corrected chi connectivity index (χ2v) is 10.2. The van der Waals surface area contributed by atoms with Gasteiger partial charge < -0.3 is 10.6 Å². The SMILES string of the molecule is Cn1nc2c3c(c(NC(=O)c4nsc5ccc(F)cc45)cc2c1CC(F)F)C(c1cc(F)ccc1Cl)NC3=O. The summed E-state index contributed by atoms with van der Waals surface area (Å²) in [7, 11) is 1.48. The van der Waals surface area contributed by atoms with Crippen LogP contribution < -0.4 is 10.6 Å². The second kappa shape index (κ2) is 9.31. The van der Waals surface area contributed by atoms with Crippen LogP contribution in [0.5, 0.6) is 0 Å². The Morgan fingerprint density at radius 3 is 2.67 bits per heavy atom. The first-order valence-corrected chi connectivity index (χ1v) is 12.7. The predicted octanol–water partition coefficient (Wildman–Crippen LogP) is 6.01. The summed E-state index contributed by atoms with van der Waals surface area (Å²) in [5.74, 6) is -2.46. The number of carbonyl (C=O) groups excluding carboxylic acids is 2. The number of aromatic nitrogens is 3. The number of fused-ring (bicyclic) bond motifs is 4. The number of carbonyl (C=O) groups is 2. The van der Waals surface area contributed by atoms with Crippen LogP contribution >= 0.6 is 23.1 Å². The van der Waals surface area contributed by atoms with Crippen LogP contribution in [0.2, 0.25) is 5.02 Å². The van der Waals surface area contributed by atoms with Gasteiger partial charge in [-0.1, -0.05) is 11.6 Å². The van der Waals surface area contributed by atoms with Gasteiger partial charge in [-0.2, -0.15) is 9.47 Å². The van der Waals surface area contributed by atoms with E-state index in [4.69, 9.17) is 11.6 Å². The maximum Gasteiger partial charge on any atom is 0.276 e. The Hall–Kier alpha value is -4.03. The molecule has 2 amide bonds. The molecule has 0 radical (unpaired) electrons. The molecule has 0 spiro atoms. The van der Waals surface area contributed by atoms with Gasteiger partial charge >= 0.3 is 0 Å². The lowest BCUT2D eigenvalue weighted by molar-refractivity contribution is 0.0960. The fraction of sp³-hybridized carbons (Fsp3) is 0.154. The predicted molar refractivity (Wildman–Crippen MR) is 139 cm³/mol. The van der Waals surface area contributed by atoms with Gasteiger partial charge in [-0.15, -0.1) is 0 Å². The number of nitrogens with one attached hydrogen (secondary N) is 2. The van der Waals surface area contributed by atoms with E-state index in [9.17, 15) is 27.2 Å². The highest BCUT2D eigenvalue weighted by molar-refractivity contribution is 7.13. The summed E-state index contributed by atoms with van der Waals surface area (Å²) in [4.78, 5) is 26.7. The van der Waals surface area contributed by atoms with Crippen LogP contribution in [0.15, 0.2) is 42.5 Å². The van der Waals surface area contributed by atoms with Crippen molar-refractivity contribution >= 4 is 61.6 Å². The molecule has 1 atom stereocenters. The second-order valence-electron chi connectivity index (χ2n) is 8.97. The number of nitrogens with zero attached hydrogens (tertiary/aromatic N) is 3. The van der Waals surface area contributed by atoms with Crippen molar-refractivity contribution in [2.24, 2.45) is 7.05 Å². The molecule has 6 rings (SSSR count). The maximum atomic E-state index is 14.2. The molecular formula is C26H16ClF4N5O2S. The number of alkyl halides is 2. The quantitative estimate of drug-likeness (QED) is 0.252. The van der Waals surface area contributed by atoms with E-state index in [0.717, 1.165) is 23.7 Å². The van der Waals surface area contributed by atoms with Crippen molar-refractivity contribution < 1.29 is 27.2 Å². The summed E-state index contributed by atoms with van der Waals surface area (Å²) in [6.07, 6.45) is -3.34. The third kappa shape index (κ3) is 4.20. The largest absolute Gasteiger partial charge is 0.341 e. The van der Waals surface area contributed by atoms with Crippen molar-refractivity contribution in [2.45, 2.75) is 18.9 Å². The molecule has 1 aliphatic rings. The highest BCUT2D eigenvalue weighted by Gasteiger charge is 2.38. The standard InChI is InChI=1S/C26H16ClF4N5O2S/c1-36-17(9-19(30)31)13-8-16(32-26(38)24-14-7-11(29)3-5-18(14)39-35-24)20-21(23(13)34-36)25(37)33-22(20)12-6-10(28)2-4-15(12)27/h2-8,19,22H,9H2,1H3,(H,32,38)(H,33,37). The van der Waals surface area contributed by atoms with E-state index in [-0.39, 0.29) is 55.1 Å². The van der Waals surface area contributed by atoms with Crippen LogP contribution in [-0.4, -0.2) is 32.4 Å². The molecule has 5 aromatic rings. The first-order valence-electron chi connectivity index (χ1n) is 11.5. The lowest BCUT2D eigenvalue weighted by atomic mass is 9.93. The van der Waals surface area contributed by atoms with Gasteiger partial charge in [0, 0.05) is 39.7 Å². The zero-order valence-corrected chi connectivity index (χ0v) is 21.4. The van der Waals surface area contributed by atoms with E-state index in [1.165, 1.54) is 42.1 Å². The summed E-state index contributed by atoms with van der Waals surface area (Å²) in [6, 6.07) is 8.06. The van der Waals surface area contributed by atoms with E-state index >= 15 is 0 Å². The normalized spacial score (nSPS) is 14.8. The molecule has 0 fully saturated rings. The summed E-state index contributed by atoms with van der Waals surface area (Å²) in [6.45, 7) is 0. The van der Waals surface area contributed by atoms with Gasteiger partial charge in [-0.05, 0) is 54.0 Å². The fourth-order valence-electron chi connectivity index (χ4n) is 4.92. The van der Waals surface area contributed by atoms with E-state index < -0.39 is 42.3 Å². The molecule has 1 unspecified atom stereocenters. The molecule has 0 saturated heterocycles. The van der Waals surface area contributed by atoms with E-state index in [2.05, 4.69) is 20.1 Å². The third-order valence-electron chi connectivity index (χ3n) is 6.59. The van der Waals surface area contributed by atoms with Crippen LogP contribution in [0.25, 0.3) is 21.0 Å². The minimum Gasteiger partial charge on any atom is -0.341 e. The molecule has 198 valence electrons. The highest BCUT2D eigenvalue weighted by atomic mass is 35.5. The number of hydrogen-bond donors (Lipinski definition) is 2. The minimum absolute atomic E-state index is 0.0402. The van der Waals surface area contributed by atoms with Gasteiger partial charge in [-0.25, -0.2) is 17.6 Å². The van der Waals surface area contributed by atoms with Crippen LogP contribution in [0, 0.1) is 11.6 Å². The Balaban J connectivity index is 1.57. The van der Waals surface area contributed by atoms with Gasteiger partial charge in [0.05, 0.1) is 28.4 Å². The van der Waals surface area contributed by atoms with Gasteiger partial charge in [0.15, 0.2) is 0 Å². The molecule has 7 nitrogen and oxygen atoms in total. The van der Waals surface area contributed by atoms with Crippen molar-refractivity contribution in [3.8, 4) is 0 Å². The number of hydrogen-bond acceptors (Lipinski definition) is 5. The molecule has 1 aliphatic heterocycles. The first-order chi connectivity index (χ1) is 18.6. The van der Waals surface area contributed by atoms with E-state index in [1.807, 2.05) is 0 Å². The third-order valence-corrected chi connectivity index (χ3v) is 7.77. The zero-order valence-electron chi connectivity index (χ0n) is 19.9. The topological polar surface area (TPSA) is 88.9 Å². The smallest absolute Gasteiger partial charge is 0.276 e. The maximum absolute atomic E-state index is 14.2. The van der Waals surface area contributed by atoms with Gasteiger partial charge in [0.2, 0.25) is 6.43 Å². The van der Waals surface area contributed by atoms with Gasteiger partial charge in [0.1, 0.15) is 22.8 Å². The summed E-state index contributed by atoms with van der Waals surface area (Å²) < 4.78 is 61.0. The molecular weight excluding hydrogens is 558 g/mol. The molecule has 3 heterocycles. The van der Waals surface area contributed by atoms with Crippen molar-refractivity contribution in [1.29, 1.82) is 0 Å². The monoisotopic (exact) mass is 573 g/mol. The zero-order chi connectivity index (χ0) is 27.6. The Labute approximate surface area is 226 Å². The number of benzene rings is 3. The van der Waals surface area contributed by atoms with Gasteiger partial charge in [-0.3, -0.25) is 14.3 Å². The Morgan fingerprint density at radius 2 is 1.90 bits per heavy atom. The van der Waals surface area contributed by atoms with E-state index in [0.29, 0.717) is 4.70 Å². The number of amides is 2. The van der Waals surface area contributed by atoms with Crippen molar-refractivity contribution in [3.63, 3.8) is 0 Å². The average molecular weight is 574 g/mol. The summed E-state index contributed by atoms with van der Waals surface area (Å²) in [5.41, 5.74) is 0.837. The molecule has 13 heteroatoms. The van der Waals surface area contributed by atoms with Crippen molar-refractivity contribution in [3.05, 3.63) is 87.2 Å². The van der Waals surface area contributed by atoms with Crippen LogP contribution in [0.4, 0.5) is 23.2 Å². The van der Waals surface area contributed by atoms with Crippen LogP contribution in [0.1, 0.15) is 43.7 Å². The van der Waals surface area contributed by atoms with Gasteiger partial charge in [0.25, 0.3) is 11.8 Å². The lowest BCUT2D eigenvalue weighted by Crippen LogP contribution is -2.21. The summed E-state index contributed by atoms with van der Waals surface area (Å²) >= 11 is 7.37. The Bertz CT molecular complexity index is 1840. The molecule has 2 aromatic heterocycles. The fourth-order valence-corrected chi connectivity index (χ4v) is 5.90. The average Bonchev–Trinajstić information content (AvgIpc) is 3.54. The molecule has 3 aromatic carbocycles. The minimum atomic E-state index is -2.70. The van der Waals surface area contributed by atoms with Crippen molar-refractivity contribution in [2.75, 3.05) is 5.32 Å². The Kier molecular flexibility index (Phi) is 6.03. The Morgan fingerprint density at radius 1 is 1.15 bits per heavy atom. The number of rotatable bonds is 5. The molecule has 2 N–H and O–H groups in total. The van der Waals surface area contributed by atoms with E-state index in [1.54, 1.807) is 0 Å².